The van der Waals surface area contributed by atoms with E-state index in [4.69, 9.17) is 4.98 Å². The molecule has 1 saturated carbocycles. The van der Waals surface area contributed by atoms with E-state index in [-0.39, 0.29) is 11.8 Å². The number of nitrogens with one attached hydrogen (secondary N) is 1. The second-order valence-corrected chi connectivity index (χ2v) is 9.46. The third-order valence-electron chi connectivity index (χ3n) is 6.18. The van der Waals surface area contributed by atoms with E-state index >= 15 is 0 Å². The number of fused-ring (bicyclic) bond motifs is 1. The molecule has 158 valence electrons. The molecule has 0 spiro atoms. The van der Waals surface area contributed by atoms with Gasteiger partial charge in [-0.2, -0.15) is 0 Å². The maximum absolute atomic E-state index is 13.6. The molecule has 2 fully saturated rings. The molecule has 31 heavy (non-hydrogen) atoms. The highest BCUT2D eigenvalue weighted by Gasteiger charge is 2.36. The van der Waals surface area contributed by atoms with Crippen molar-refractivity contribution in [3.05, 3.63) is 70.9 Å². The molecule has 1 aliphatic heterocycles. The van der Waals surface area contributed by atoms with Crippen molar-refractivity contribution in [2.75, 3.05) is 16.9 Å². The molecule has 2 amide bonds. The van der Waals surface area contributed by atoms with Crippen LogP contribution in [0.3, 0.4) is 0 Å². The Morgan fingerprint density at radius 1 is 1.06 bits per heavy atom. The molecule has 6 heteroatoms. The maximum atomic E-state index is 13.6. The fraction of sp³-hybridized carbons (Fsp3) is 0.320. The van der Waals surface area contributed by atoms with Gasteiger partial charge >= 0.3 is 0 Å². The Hall–Kier alpha value is -2.86. The fourth-order valence-electron chi connectivity index (χ4n) is 4.02. The maximum Gasteiger partial charge on any atom is 0.256 e. The normalized spacial score (nSPS) is 18.4. The Kier molecular flexibility index (Phi) is 5.18. The van der Waals surface area contributed by atoms with E-state index in [0.29, 0.717) is 23.1 Å². The number of carbonyl (C=O) groups is 2. The molecule has 3 aromatic rings. The molecule has 0 bridgehead atoms. The van der Waals surface area contributed by atoms with Gasteiger partial charge in [-0.05, 0) is 62.1 Å². The lowest BCUT2D eigenvalue weighted by atomic mass is 10.0. The van der Waals surface area contributed by atoms with Crippen LogP contribution in [0.2, 0.25) is 0 Å². The third-order valence-corrected chi connectivity index (χ3v) is 7.19. The van der Waals surface area contributed by atoms with Crippen molar-refractivity contribution >= 4 is 40.2 Å². The number of amides is 2. The highest BCUT2D eigenvalue weighted by atomic mass is 32.2. The van der Waals surface area contributed by atoms with Crippen molar-refractivity contribution in [1.29, 1.82) is 0 Å². The summed E-state index contributed by atoms with van der Waals surface area (Å²) in [6.45, 7) is 4.07. The molecule has 1 atom stereocenters. The topological polar surface area (TPSA) is 62.3 Å². The number of aromatic nitrogens is 1. The van der Waals surface area contributed by atoms with Gasteiger partial charge in [-0.15, -0.1) is 11.8 Å². The predicted octanol–water partition coefficient (Wildman–Crippen LogP) is 4.88. The summed E-state index contributed by atoms with van der Waals surface area (Å²) >= 11 is 1.61. The van der Waals surface area contributed by atoms with E-state index in [9.17, 15) is 9.59 Å². The van der Waals surface area contributed by atoms with Crippen molar-refractivity contribution in [2.24, 2.45) is 0 Å². The van der Waals surface area contributed by atoms with Crippen molar-refractivity contribution in [3.63, 3.8) is 0 Å². The number of pyridine rings is 1. The summed E-state index contributed by atoms with van der Waals surface area (Å²) in [6.07, 6.45) is 2.25. The van der Waals surface area contributed by atoms with Crippen LogP contribution in [-0.4, -0.2) is 39.4 Å². The van der Waals surface area contributed by atoms with Gasteiger partial charge in [0.1, 0.15) is 6.04 Å². The first-order chi connectivity index (χ1) is 15.0. The van der Waals surface area contributed by atoms with Gasteiger partial charge in [0.15, 0.2) is 0 Å². The summed E-state index contributed by atoms with van der Waals surface area (Å²) in [4.78, 5) is 33.2. The first-order valence-electron chi connectivity index (χ1n) is 10.7. The van der Waals surface area contributed by atoms with Crippen LogP contribution in [0.15, 0.2) is 48.5 Å². The van der Waals surface area contributed by atoms with Gasteiger partial charge in [0.2, 0.25) is 5.91 Å². The number of para-hydroxylation sites is 1. The van der Waals surface area contributed by atoms with E-state index < -0.39 is 6.04 Å². The summed E-state index contributed by atoms with van der Waals surface area (Å²) in [5.41, 5.74) is 5.56. The molecule has 1 aromatic heterocycles. The Morgan fingerprint density at radius 3 is 2.65 bits per heavy atom. The van der Waals surface area contributed by atoms with Crippen molar-refractivity contribution in [3.8, 4) is 0 Å². The first kappa shape index (κ1) is 20.1. The van der Waals surface area contributed by atoms with Crippen molar-refractivity contribution in [2.45, 2.75) is 38.6 Å². The van der Waals surface area contributed by atoms with E-state index in [0.717, 1.165) is 40.7 Å². The monoisotopic (exact) mass is 431 g/mol. The summed E-state index contributed by atoms with van der Waals surface area (Å²) in [5, 5.41) is 3.86. The number of hydrogen-bond donors (Lipinski definition) is 1. The van der Waals surface area contributed by atoms with Crippen LogP contribution in [-0.2, 0) is 4.79 Å². The molecule has 2 aliphatic rings. The largest absolute Gasteiger partial charge is 0.324 e. The van der Waals surface area contributed by atoms with Gasteiger partial charge in [0, 0.05) is 28.4 Å². The lowest BCUT2D eigenvalue weighted by molar-refractivity contribution is -0.119. The second-order valence-electron chi connectivity index (χ2n) is 8.47. The minimum Gasteiger partial charge on any atom is -0.324 e. The zero-order chi connectivity index (χ0) is 21.5. The van der Waals surface area contributed by atoms with Gasteiger partial charge in [-0.3, -0.25) is 14.6 Å². The van der Waals surface area contributed by atoms with E-state index in [2.05, 4.69) is 5.32 Å². The number of benzene rings is 2. The van der Waals surface area contributed by atoms with Gasteiger partial charge < -0.3 is 10.2 Å². The minimum absolute atomic E-state index is 0.0919. The lowest BCUT2D eigenvalue weighted by Gasteiger charge is -2.24. The number of rotatable bonds is 4. The summed E-state index contributed by atoms with van der Waals surface area (Å²) < 4.78 is 0. The zero-order valence-corrected chi connectivity index (χ0v) is 18.5. The number of carbonyl (C=O) groups excluding carboxylic acids is 2. The number of anilines is 1. The minimum atomic E-state index is -0.490. The van der Waals surface area contributed by atoms with Crippen LogP contribution in [0.1, 0.15) is 45.9 Å². The van der Waals surface area contributed by atoms with Crippen molar-refractivity contribution < 1.29 is 9.59 Å². The standard InChI is InChI=1S/C25H25N3O2S/c1-15-7-10-18(11-16(15)2)26-24(29)23-13-31-14-28(23)25(30)20-12-22(17-8-9-17)27-21-6-4-3-5-19(20)21/h3-7,10-12,17,23H,8-9,13-14H2,1-2H3,(H,26,29). The fourth-order valence-corrected chi connectivity index (χ4v) is 5.17. The average Bonchev–Trinajstić information content (AvgIpc) is 3.51. The van der Waals surface area contributed by atoms with Crippen molar-refractivity contribution in [1.82, 2.24) is 9.88 Å². The number of hydrogen-bond acceptors (Lipinski definition) is 4. The van der Waals surface area contributed by atoms with E-state index in [1.165, 1.54) is 5.56 Å². The Balaban J connectivity index is 1.43. The lowest BCUT2D eigenvalue weighted by Crippen LogP contribution is -2.44. The summed E-state index contributed by atoms with van der Waals surface area (Å²) in [6, 6.07) is 15.1. The van der Waals surface area contributed by atoms with Gasteiger partial charge in [0.05, 0.1) is 17.0 Å². The Morgan fingerprint density at radius 2 is 1.87 bits per heavy atom. The van der Waals surface area contributed by atoms with Crippen LogP contribution in [0.4, 0.5) is 5.69 Å². The number of aryl methyl sites for hydroxylation is 2. The van der Waals surface area contributed by atoms with Crippen LogP contribution in [0.5, 0.6) is 0 Å². The molecule has 5 nitrogen and oxygen atoms in total. The average molecular weight is 432 g/mol. The molecule has 2 heterocycles. The highest BCUT2D eigenvalue weighted by molar-refractivity contribution is 7.99. The van der Waals surface area contributed by atoms with Crippen LogP contribution in [0.25, 0.3) is 10.9 Å². The van der Waals surface area contributed by atoms with Gasteiger partial charge in [0.25, 0.3) is 5.91 Å². The van der Waals surface area contributed by atoms with Gasteiger partial charge in [-0.25, -0.2) is 0 Å². The Labute approximate surface area is 186 Å². The van der Waals surface area contributed by atoms with E-state index in [1.807, 2.05) is 62.4 Å². The van der Waals surface area contributed by atoms with Crippen LogP contribution < -0.4 is 5.32 Å². The molecule has 5 rings (SSSR count). The number of thioether (sulfide) groups is 1. The van der Waals surface area contributed by atoms with E-state index in [1.54, 1.807) is 16.7 Å². The zero-order valence-electron chi connectivity index (χ0n) is 17.7. The summed E-state index contributed by atoms with van der Waals surface area (Å²) in [7, 11) is 0. The molecule has 1 unspecified atom stereocenters. The third kappa shape index (κ3) is 3.92. The molecular weight excluding hydrogens is 406 g/mol. The molecule has 0 radical (unpaired) electrons. The molecule has 1 aliphatic carbocycles. The SMILES string of the molecule is Cc1ccc(NC(=O)C2CSCN2C(=O)c2cc(C3CC3)nc3ccccc23)cc1C. The molecule has 1 N–H and O–H groups in total. The number of nitrogens with zero attached hydrogens (tertiary/aromatic N) is 2. The van der Waals surface area contributed by atoms with Crippen LogP contribution in [0, 0.1) is 13.8 Å². The summed E-state index contributed by atoms with van der Waals surface area (Å²) in [5.74, 6) is 1.33. The second kappa shape index (κ2) is 8.00. The predicted molar refractivity (Wildman–Crippen MR) is 126 cm³/mol. The molecular formula is C25H25N3O2S. The highest BCUT2D eigenvalue weighted by Crippen LogP contribution is 2.40. The Bertz CT molecular complexity index is 1190. The smallest absolute Gasteiger partial charge is 0.256 e. The van der Waals surface area contributed by atoms with Gasteiger partial charge in [-0.1, -0.05) is 24.3 Å². The molecule has 2 aromatic carbocycles. The van der Waals surface area contributed by atoms with Crippen LogP contribution >= 0.6 is 11.8 Å². The quantitative estimate of drug-likeness (QED) is 0.639. The molecule has 1 saturated heterocycles. The first-order valence-corrected chi connectivity index (χ1v) is 11.8.